The second kappa shape index (κ2) is 5.50. The van der Waals surface area contributed by atoms with Gasteiger partial charge >= 0.3 is 5.97 Å². The van der Waals surface area contributed by atoms with Gasteiger partial charge in [0.1, 0.15) is 5.75 Å². The number of fused-ring (bicyclic) bond motifs is 2. The Balaban J connectivity index is 1.64. The average molecular weight is 300 g/mol. The summed E-state index contributed by atoms with van der Waals surface area (Å²) in [5.74, 6) is 0.0650. The number of carbonyl (C=O) groups is 1. The molecule has 0 unspecified atom stereocenters. The summed E-state index contributed by atoms with van der Waals surface area (Å²) >= 11 is 0. The lowest BCUT2D eigenvalue weighted by atomic mass is 10.1. The van der Waals surface area contributed by atoms with E-state index in [0.717, 1.165) is 21.8 Å². The molecule has 4 heteroatoms. The summed E-state index contributed by atoms with van der Waals surface area (Å²) in [6.07, 6.45) is 3.41. The van der Waals surface area contributed by atoms with Gasteiger partial charge in [-0.3, -0.25) is 9.97 Å². The molecule has 23 heavy (non-hydrogen) atoms. The lowest BCUT2D eigenvalue weighted by Gasteiger charge is -2.06. The maximum atomic E-state index is 12.3. The minimum Gasteiger partial charge on any atom is -0.423 e. The molecule has 0 spiro atoms. The second-order valence-electron chi connectivity index (χ2n) is 5.16. The van der Waals surface area contributed by atoms with Gasteiger partial charge < -0.3 is 4.74 Å². The Labute approximate surface area is 132 Å². The zero-order valence-corrected chi connectivity index (χ0v) is 12.1. The van der Waals surface area contributed by atoms with E-state index in [1.807, 2.05) is 36.4 Å². The summed E-state index contributed by atoms with van der Waals surface area (Å²) in [6.45, 7) is 0. The van der Waals surface area contributed by atoms with Gasteiger partial charge in [-0.05, 0) is 36.4 Å². The van der Waals surface area contributed by atoms with Gasteiger partial charge in [0.25, 0.3) is 0 Å². The standard InChI is InChI=1S/C19H12N2O2/c22-19(15-6-5-13-3-1-9-20-17(13)11-15)23-16-8-7-14-4-2-10-21-18(14)12-16/h1-12H. The highest BCUT2D eigenvalue weighted by atomic mass is 16.5. The second-order valence-corrected chi connectivity index (χ2v) is 5.16. The van der Waals surface area contributed by atoms with Crippen LogP contribution in [0.25, 0.3) is 21.8 Å². The quantitative estimate of drug-likeness (QED) is 0.415. The molecule has 0 aliphatic rings. The summed E-state index contributed by atoms with van der Waals surface area (Å²) in [5.41, 5.74) is 2.03. The molecule has 0 N–H and O–H groups in total. The minimum absolute atomic E-state index is 0.409. The molecule has 4 aromatic rings. The smallest absolute Gasteiger partial charge is 0.343 e. The zero-order valence-electron chi connectivity index (χ0n) is 12.1. The molecule has 0 radical (unpaired) electrons. The SMILES string of the molecule is O=C(Oc1ccc2cccnc2c1)c1ccc2cccnc2c1. The molecular formula is C19H12N2O2. The number of rotatable bonds is 2. The fourth-order valence-electron chi connectivity index (χ4n) is 2.47. The van der Waals surface area contributed by atoms with Crippen LogP contribution in [0.4, 0.5) is 0 Å². The molecule has 0 aliphatic heterocycles. The Bertz CT molecular complexity index is 1030. The van der Waals surface area contributed by atoms with Crippen LogP contribution in [0.15, 0.2) is 73.1 Å². The van der Waals surface area contributed by atoms with E-state index in [9.17, 15) is 4.79 Å². The molecule has 0 saturated carbocycles. The van der Waals surface area contributed by atoms with Crippen LogP contribution in [0.3, 0.4) is 0 Å². The van der Waals surface area contributed by atoms with Crippen LogP contribution in [-0.4, -0.2) is 15.9 Å². The molecule has 0 atom stereocenters. The molecule has 0 fully saturated rings. The molecule has 2 heterocycles. The molecule has 2 aromatic carbocycles. The first-order valence-corrected chi connectivity index (χ1v) is 7.21. The van der Waals surface area contributed by atoms with E-state index in [1.54, 1.807) is 36.7 Å². The van der Waals surface area contributed by atoms with Crippen molar-refractivity contribution in [2.45, 2.75) is 0 Å². The van der Waals surface area contributed by atoms with E-state index in [1.165, 1.54) is 0 Å². The molecule has 2 aromatic heterocycles. The molecule has 0 amide bonds. The Morgan fingerprint density at radius 3 is 2.17 bits per heavy atom. The largest absolute Gasteiger partial charge is 0.423 e. The van der Waals surface area contributed by atoms with E-state index < -0.39 is 5.97 Å². The third-order valence-electron chi connectivity index (χ3n) is 3.63. The maximum Gasteiger partial charge on any atom is 0.343 e. The average Bonchev–Trinajstić information content (AvgIpc) is 2.61. The van der Waals surface area contributed by atoms with Crippen molar-refractivity contribution in [2.75, 3.05) is 0 Å². The van der Waals surface area contributed by atoms with Crippen molar-refractivity contribution < 1.29 is 9.53 Å². The highest BCUT2D eigenvalue weighted by molar-refractivity contribution is 5.95. The summed E-state index contributed by atoms with van der Waals surface area (Å²) in [7, 11) is 0. The van der Waals surface area contributed by atoms with Crippen LogP contribution >= 0.6 is 0 Å². The highest BCUT2D eigenvalue weighted by Crippen LogP contribution is 2.20. The number of esters is 1. The monoisotopic (exact) mass is 300 g/mol. The third kappa shape index (κ3) is 2.62. The fraction of sp³-hybridized carbons (Fsp3) is 0. The van der Waals surface area contributed by atoms with E-state index in [0.29, 0.717) is 11.3 Å². The summed E-state index contributed by atoms with van der Waals surface area (Å²) in [5, 5.41) is 1.99. The molecule has 110 valence electrons. The Kier molecular flexibility index (Phi) is 3.20. The number of carbonyl (C=O) groups excluding carboxylic acids is 1. The number of hydrogen-bond acceptors (Lipinski definition) is 4. The Hall–Kier alpha value is -3.27. The molecular weight excluding hydrogens is 288 g/mol. The van der Waals surface area contributed by atoms with E-state index in [4.69, 9.17) is 4.74 Å². The first kappa shape index (κ1) is 13.4. The predicted octanol–water partition coefficient (Wildman–Crippen LogP) is 4.00. The van der Waals surface area contributed by atoms with Crippen LogP contribution < -0.4 is 4.74 Å². The van der Waals surface area contributed by atoms with Crippen LogP contribution in [0.5, 0.6) is 5.75 Å². The summed E-state index contributed by atoms with van der Waals surface area (Å²) < 4.78 is 5.45. The van der Waals surface area contributed by atoms with Gasteiger partial charge in [0.15, 0.2) is 0 Å². The number of aromatic nitrogens is 2. The Morgan fingerprint density at radius 1 is 0.783 bits per heavy atom. The van der Waals surface area contributed by atoms with Crippen LogP contribution in [-0.2, 0) is 0 Å². The van der Waals surface area contributed by atoms with Crippen molar-refractivity contribution in [3.8, 4) is 5.75 Å². The fourth-order valence-corrected chi connectivity index (χ4v) is 2.47. The van der Waals surface area contributed by atoms with Crippen LogP contribution in [0.2, 0.25) is 0 Å². The lowest BCUT2D eigenvalue weighted by molar-refractivity contribution is 0.0735. The van der Waals surface area contributed by atoms with Crippen molar-refractivity contribution in [3.63, 3.8) is 0 Å². The predicted molar refractivity (Wildman–Crippen MR) is 88.4 cm³/mol. The first-order valence-electron chi connectivity index (χ1n) is 7.21. The van der Waals surface area contributed by atoms with Gasteiger partial charge in [-0.25, -0.2) is 4.79 Å². The number of pyridine rings is 2. The topological polar surface area (TPSA) is 52.1 Å². The number of ether oxygens (including phenoxy) is 1. The van der Waals surface area contributed by atoms with E-state index >= 15 is 0 Å². The first-order chi connectivity index (χ1) is 11.3. The zero-order chi connectivity index (χ0) is 15.6. The van der Waals surface area contributed by atoms with Crippen LogP contribution in [0.1, 0.15) is 10.4 Å². The lowest BCUT2D eigenvalue weighted by Crippen LogP contribution is -2.08. The van der Waals surface area contributed by atoms with Crippen molar-refractivity contribution >= 4 is 27.8 Å². The molecule has 0 saturated heterocycles. The van der Waals surface area contributed by atoms with Crippen molar-refractivity contribution in [2.24, 2.45) is 0 Å². The van der Waals surface area contributed by atoms with Gasteiger partial charge in [-0.15, -0.1) is 0 Å². The van der Waals surface area contributed by atoms with Gasteiger partial charge in [0.05, 0.1) is 16.6 Å². The van der Waals surface area contributed by atoms with E-state index in [-0.39, 0.29) is 0 Å². The van der Waals surface area contributed by atoms with Gasteiger partial charge in [-0.1, -0.05) is 18.2 Å². The summed E-state index contributed by atoms with van der Waals surface area (Å²) in [4.78, 5) is 20.8. The van der Waals surface area contributed by atoms with Gasteiger partial charge in [-0.2, -0.15) is 0 Å². The Morgan fingerprint density at radius 2 is 1.43 bits per heavy atom. The normalized spacial score (nSPS) is 10.8. The van der Waals surface area contributed by atoms with Crippen LogP contribution in [0, 0.1) is 0 Å². The third-order valence-corrected chi connectivity index (χ3v) is 3.63. The van der Waals surface area contributed by atoms with Crippen molar-refractivity contribution in [1.29, 1.82) is 0 Å². The van der Waals surface area contributed by atoms with Crippen molar-refractivity contribution in [3.05, 3.63) is 78.6 Å². The number of hydrogen-bond donors (Lipinski definition) is 0. The highest BCUT2D eigenvalue weighted by Gasteiger charge is 2.10. The molecule has 4 rings (SSSR count). The molecule has 0 bridgehead atoms. The van der Waals surface area contributed by atoms with Crippen molar-refractivity contribution in [1.82, 2.24) is 9.97 Å². The molecule has 4 nitrogen and oxygen atoms in total. The minimum atomic E-state index is -0.409. The number of benzene rings is 2. The maximum absolute atomic E-state index is 12.3. The number of nitrogens with zero attached hydrogens (tertiary/aromatic N) is 2. The van der Waals surface area contributed by atoms with Gasteiger partial charge in [0, 0.05) is 29.2 Å². The molecule has 0 aliphatic carbocycles. The summed E-state index contributed by atoms with van der Waals surface area (Å²) in [6, 6.07) is 18.4. The van der Waals surface area contributed by atoms with E-state index in [2.05, 4.69) is 9.97 Å². The van der Waals surface area contributed by atoms with Gasteiger partial charge in [0.2, 0.25) is 0 Å².